The number of fused-ring (bicyclic) bond motifs is 5. The molecular formula is C29H20ClNO4. The highest BCUT2D eigenvalue weighted by atomic mass is 35.5. The average Bonchev–Trinajstić information content (AvgIpc) is 3.50. The maximum Gasteiger partial charge on any atom is 0.337 e. The summed E-state index contributed by atoms with van der Waals surface area (Å²) in [5, 5.41) is 9.50. The summed E-state index contributed by atoms with van der Waals surface area (Å²) >= 11 is 6.01. The Hall–Kier alpha value is -3.96. The second kappa shape index (κ2) is 8.07. The molecule has 2 bridgehead atoms. The van der Waals surface area contributed by atoms with Crippen LogP contribution in [-0.4, -0.2) is 22.9 Å². The third-order valence-electron chi connectivity index (χ3n) is 7.27. The van der Waals surface area contributed by atoms with Gasteiger partial charge in [0.25, 0.3) is 0 Å². The minimum Gasteiger partial charge on any atom is -0.478 e. The van der Waals surface area contributed by atoms with Crippen molar-refractivity contribution in [1.29, 1.82) is 0 Å². The summed E-state index contributed by atoms with van der Waals surface area (Å²) in [6.07, 6.45) is 4.10. The first kappa shape index (κ1) is 21.6. The number of hydrogen-bond acceptors (Lipinski definition) is 3. The monoisotopic (exact) mass is 481 g/mol. The number of benzene rings is 3. The van der Waals surface area contributed by atoms with Gasteiger partial charge in [-0.1, -0.05) is 84.4 Å². The fourth-order valence-corrected chi connectivity index (χ4v) is 6.08. The van der Waals surface area contributed by atoms with Crippen LogP contribution in [0.25, 0.3) is 5.57 Å². The number of anilines is 1. The molecule has 2 fully saturated rings. The number of carboxylic acid groups (broad SMARTS) is 1. The lowest BCUT2D eigenvalue weighted by Gasteiger charge is -2.22. The van der Waals surface area contributed by atoms with Gasteiger partial charge in [-0.05, 0) is 40.5 Å². The van der Waals surface area contributed by atoms with Crippen LogP contribution in [0.3, 0.4) is 0 Å². The number of allylic oxidation sites excluding steroid dienone is 3. The van der Waals surface area contributed by atoms with E-state index in [1.807, 2.05) is 48.6 Å². The molecule has 5 nitrogen and oxygen atoms in total. The van der Waals surface area contributed by atoms with Gasteiger partial charge in [0.05, 0.1) is 28.1 Å². The highest BCUT2D eigenvalue weighted by Gasteiger charge is 2.62. The molecule has 4 atom stereocenters. The highest BCUT2D eigenvalue weighted by molar-refractivity contribution is 6.34. The highest BCUT2D eigenvalue weighted by Crippen LogP contribution is 2.58. The molecule has 6 rings (SSSR count). The largest absolute Gasteiger partial charge is 0.478 e. The van der Waals surface area contributed by atoms with Crippen LogP contribution in [0.5, 0.6) is 0 Å². The second-order valence-electron chi connectivity index (χ2n) is 9.03. The van der Waals surface area contributed by atoms with Crippen LogP contribution >= 0.6 is 11.6 Å². The third kappa shape index (κ3) is 3.19. The summed E-state index contributed by atoms with van der Waals surface area (Å²) in [4.78, 5) is 40.0. The molecule has 0 radical (unpaired) electrons. The average molecular weight is 482 g/mol. The molecule has 2 amide bonds. The molecule has 1 aliphatic heterocycles. The van der Waals surface area contributed by atoms with Gasteiger partial charge in [0.1, 0.15) is 0 Å². The Morgan fingerprint density at radius 2 is 1.29 bits per heavy atom. The van der Waals surface area contributed by atoms with Crippen molar-refractivity contribution in [1.82, 2.24) is 0 Å². The molecule has 0 spiro atoms. The maximum atomic E-state index is 13.7. The lowest BCUT2D eigenvalue weighted by atomic mass is 9.85. The number of carboxylic acids is 1. The lowest BCUT2D eigenvalue weighted by molar-refractivity contribution is -0.122. The second-order valence-corrected chi connectivity index (χ2v) is 9.44. The van der Waals surface area contributed by atoms with Crippen molar-refractivity contribution in [2.24, 2.45) is 23.7 Å². The van der Waals surface area contributed by atoms with Crippen molar-refractivity contribution in [3.05, 3.63) is 118 Å². The first-order chi connectivity index (χ1) is 17.0. The van der Waals surface area contributed by atoms with E-state index in [0.717, 1.165) is 27.2 Å². The standard InChI is InChI=1S/C29H20ClNO4/c30-22-14-11-18(15-21(22)29(34)35)31-27(32)25-19-12-13-20(26(25)28(31)33)24(19)23(16-7-3-1-4-8-16)17-9-5-2-6-10-17/h1-15,19-20,25-26H,(H,34,35)/t19-,20-,25+,26+/m0/s1. The van der Waals surface area contributed by atoms with E-state index in [0.29, 0.717) is 0 Å². The first-order valence-corrected chi connectivity index (χ1v) is 11.8. The van der Waals surface area contributed by atoms with Crippen molar-refractivity contribution < 1.29 is 19.5 Å². The van der Waals surface area contributed by atoms with E-state index in [1.54, 1.807) is 0 Å². The van der Waals surface area contributed by atoms with Crippen molar-refractivity contribution in [2.45, 2.75) is 0 Å². The zero-order valence-electron chi connectivity index (χ0n) is 18.5. The Morgan fingerprint density at radius 3 is 1.77 bits per heavy atom. The molecule has 1 heterocycles. The number of amides is 2. The molecule has 3 aromatic carbocycles. The van der Waals surface area contributed by atoms with E-state index in [9.17, 15) is 19.5 Å². The molecule has 0 aromatic heterocycles. The molecule has 3 aliphatic rings. The number of halogens is 1. The minimum absolute atomic E-state index is 0.0582. The van der Waals surface area contributed by atoms with Gasteiger partial charge in [-0.2, -0.15) is 0 Å². The molecule has 1 N–H and O–H groups in total. The van der Waals surface area contributed by atoms with Crippen LogP contribution in [-0.2, 0) is 9.59 Å². The summed E-state index contributed by atoms with van der Waals surface area (Å²) in [6, 6.07) is 24.3. The van der Waals surface area contributed by atoms with Gasteiger partial charge in [0, 0.05) is 11.8 Å². The number of aromatic carboxylic acids is 1. The number of rotatable bonds is 4. The smallest absolute Gasteiger partial charge is 0.337 e. The van der Waals surface area contributed by atoms with E-state index in [-0.39, 0.29) is 39.9 Å². The number of nitrogens with zero attached hydrogens (tertiary/aromatic N) is 1. The van der Waals surface area contributed by atoms with E-state index < -0.39 is 17.8 Å². The maximum absolute atomic E-state index is 13.7. The van der Waals surface area contributed by atoms with Gasteiger partial charge < -0.3 is 5.11 Å². The van der Waals surface area contributed by atoms with E-state index in [2.05, 4.69) is 24.3 Å². The fourth-order valence-electron chi connectivity index (χ4n) is 5.88. The summed E-state index contributed by atoms with van der Waals surface area (Å²) in [6.45, 7) is 0. The molecule has 2 aliphatic carbocycles. The SMILES string of the molecule is O=C(O)c1cc(N2C(=O)[C@H]3[C@H](C2=O)[C@H]2C=C[C@H]3C2=C(c2ccccc2)c2ccccc2)ccc1Cl. The molecule has 35 heavy (non-hydrogen) atoms. The number of hydrogen-bond donors (Lipinski definition) is 1. The van der Waals surface area contributed by atoms with Crippen LogP contribution in [0.4, 0.5) is 5.69 Å². The Balaban J connectivity index is 1.46. The van der Waals surface area contributed by atoms with Crippen LogP contribution in [0.1, 0.15) is 21.5 Å². The van der Waals surface area contributed by atoms with Crippen molar-refractivity contribution in [2.75, 3.05) is 4.90 Å². The molecule has 6 heteroatoms. The Morgan fingerprint density at radius 1 is 0.771 bits per heavy atom. The van der Waals surface area contributed by atoms with Gasteiger partial charge in [0.15, 0.2) is 0 Å². The molecule has 1 saturated carbocycles. The van der Waals surface area contributed by atoms with E-state index >= 15 is 0 Å². The summed E-state index contributed by atoms with van der Waals surface area (Å²) < 4.78 is 0. The quantitative estimate of drug-likeness (QED) is 0.396. The topological polar surface area (TPSA) is 74.7 Å². The summed E-state index contributed by atoms with van der Waals surface area (Å²) in [5.74, 6) is -3.24. The van der Waals surface area contributed by atoms with Gasteiger partial charge >= 0.3 is 5.97 Å². The minimum atomic E-state index is -1.21. The molecule has 1 saturated heterocycles. The predicted molar refractivity (Wildman–Crippen MR) is 133 cm³/mol. The zero-order valence-corrected chi connectivity index (χ0v) is 19.2. The van der Waals surface area contributed by atoms with Crippen molar-refractivity contribution >= 4 is 40.6 Å². The Bertz CT molecular complexity index is 1370. The fraction of sp³-hybridized carbons (Fsp3) is 0.138. The van der Waals surface area contributed by atoms with E-state index in [4.69, 9.17) is 11.6 Å². The van der Waals surface area contributed by atoms with E-state index in [1.165, 1.54) is 18.2 Å². The number of imide groups is 1. The van der Waals surface area contributed by atoms with Gasteiger partial charge in [-0.15, -0.1) is 0 Å². The summed E-state index contributed by atoms with van der Waals surface area (Å²) in [5.41, 5.74) is 4.36. The van der Waals surface area contributed by atoms with Gasteiger partial charge in [-0.25, -0.2) is 9.69 Å². The lowest BCUT2D eigenvalue weighted by Crippen LogP contribution is -2.33. The van der Waals surface area contributed by atoms with Gasteiger partial charge in [-0.3, -0.25) is 9.59 Å². The third-order valence-corrected chi connectivity index (χ3v) is 7.60. The molecular weight excluding hydrogens is 462 g/mol. The van der Waals surface area contributed by atoms with Crippen LogP contribution in [0.2, 0.25) is 5.02 Å². The molecule has 172 valence electrons. The van der Waals surface area contributed by atoms with Crippen LogP contribution in [0, 0.1) is 23.7 Å². The first-order valence-electron chi connectivity index (χ1n) is 11.4. The van der Waals surface area contributed by atoms with Gasteiger partial charge in [0.2, 0.25) is 11.8 Å². The summed E-state index contributed by atoms with van der Waals surface area (Å²) in [7, 11) is 0. The van der Waals surface area contributed by atoms with Crippen molar-refractivity contribution in [3.63, 3.8) is 0 Å². The van der Waals surface area contributed by atoms with Crippen molar-refractivity contribution in [3.8, 4) is 0 Å². The Labute approximate surface area is 207 Å². The number of carbonyl (C=O) groups is 3. The Kier molecular flexibility index (Phi) is 4.97. The molecule has 0 unspecified atom stereocenters. The number of carbonyl (C=O) groups excluding carboxylic acids is 2. The van der Waals surface area contributed by atoms with Crippen LogP contribution < -0.4 is 4.90 Å². The van der Waals surface area contributed by atoms with Crippen LogP contribution in [0.15, 0.2) is 96.6 Å². The zero-order chi connectivity index (χ0) is 24.3. The molecule has 3 aromatic rings. The normalized spacial score (nSPS) is 24.3. The predicted octanol–water partition coefficient (Wildman–Crippen LogP) is 5.46.